The monoisotopic (exact) mass is 289 g/mol. The van der Waals surface area contributed by atoms with Crippen molar-refractivity contribution in [3.8, 4) is 0 Å². The first-order chi connectivity index (χ1) is 9.74. The molecule has 0 radical (unpaired) electrons. The molecule has 0 aliphatic heterocycles. The van der Waals surface area contributed by atoms with Crippen LogP contribution in [0, 0.1) is 0 Å². The van der Waals surface area contributed by atoms with Gasteiger partial charge in [0.2, 0.25) is 5.91 Å². The van der Waals surface area contributed by atoms with Crippen molar-refractivity contribution in [1.29, 1.82) is 0 Å². The maximum absolute atomic E-state index is 12.3. The quantitative estimate of drug-likeness (QED) is 0.552. The lowest BCUT2D eigenvalue weighted by molar-refractivity contribution is -0.131. The number of benzene rings is 1. The average Bonchev–Trinajstić information content (AvgIpc) is 3.30. The van der Waals surface area contributed by atoms with Crippen LogP contribution >= 0.6 is 11.8 Å². The molecule has 0 saturated heterocycles. The van der Waals surface area contributed by atoms with Crippen molar-refractivity contribution in [3.05, 3.63) is 42.0 Å². The molecule has 0 bridgehead atoms. The van der Waals surface area contributed by atoms with Crippen molar-refractivity contribution in [2.24, 2.45) is 0 Å². The molecule has 20 heavy (non-hydrogen) atoms. The van der Waals surface area contributed by atoms with Gasteiger partial charge in [-0.25, -0.2) is 0 Å². The number of amides is 1. The Labute approximate surface area is 126 Å². The summed E-state index contributed by atoms with van der Waals surface area (Å²) in [6.07, 6.45) is 9.98. The van der Waals surface area contributed by atoms with Gasteiger partial charge in [-0.1, -0.05) is 31.2 Å². The molecule has 1 saturated carbocycles. The SMILES string of the molecule is CC/C=C/CC(=O)N(Cc1ccc(SC)cc1)C1CC1. The number of carbonyl (C=O) groups is 1. The average molecular weight is 289 g/mol. The molecule has 1 fully saturated rings. The van der Waals surface area contributed by atoms with E-state index in [-0.39, 0.29) is 5.91 Å². The van der Waals surface area contributed by atoms with E-state index >= 15 is 0 Å². The number of carbonyl (C=O) groups excluding carboxylic acids is 1. The van der Waals surface area contributed by atoms with Crippen LogP contribution in [-0.4, -0.2) is 23.1 Å². The molecule has 1 aliphatic carbocycles. The highest BCUT2D eigenvalue weighted by Crippen LogP contribution is 2.29. The highest BCUT2D eigenvalue weighted by Gasteiger charge is 2.31. The summed E-state index contributed by atoms with van der Waals surface area (Å²) in [6.45, 7) is 2.84. The highest BCUT2D eigenvalue weighted by atomic mass is 32.2. The summed E-state index contributed by atoms with van der Waals surface area (Å²) in [5, 5.41) is 0. The van der Waals surface area contributed by atoms with Gasteiger partial charge in [-0.05, 0) is 43.2 Å². The predicted molar refractivity (Wildman–Crippen MR) is 85.8 cm³/mol. The third-order valence-electron chi connectivity index (χ3n) is 3.51. The molecule has 1 aliphatic rings. The molecule has 108 valence electrons. The summed E-state index contributed by atoms with van der Waals surface area (Å²) < 4.78 is 0. The molecule has 0 atom stereocenters. The van der Waals surface area contributed by atoms with E-state index in [4.69, 9.17) is 0 Å². The minimum Gasteiger partial charge on any atom is -0.335 e. The van der Waals surface area contributed by atoms with Crippen LogP contribution in [0.3, 0.4) is 0 Å². The highest BCUT2D eigenvalue weighted by molar-refractivity contribution is 7.98. The van der Waals surface area contributed by atoms with Gasteiger partial charge in [0.05, 0.1) is 0 Å². The van der Waals surface area contributed by atoms with Gasteiger partial charge in [0.25, 0.3) is 0 Å². The van der Waals surface area contributed by atoms with E-state index in [1.165, 1.54) is 10.5 Å². The van der Waals surface area contributed by atoms with E-state index in [2.05, 4.69) is 43.5 Å². The molecule has 1 aromatic carbocycles. The van der Waals surface area contributed by atoms with Crippen LogP contribution in [0.2, 0.25) is 0 Å². The van der Waals surface area contributed by atoms with Crippen LogP contribution in [0.25, 0.3) is 0 Å². The van der Waals surface area contributed by atoms with Gasteiger partial charge in [-0.2, -0.15) is 0 Å². The molecule has 0 spiro atoms. The molecule has 0 heterocycles. The lowest BCUT2D eigenvalue weighted by Gasteiger charge is -2.22. The number of allylic oxidation sites excluding steroid dienone is 1. The second-order valence-corrected chi connectivity index (χ2v) is 6.06. The topological polar surface area (TPSA) is 20.3 Å². The second-order valence-electron chi connectivity index (χ2n) is 5.18. The van der Waals surface area contributed by atoms with Gasteiger partial charge in [0.1, 0.15) is 0 Å². The van der Waals surface area contributed by atoms with Crippen LogP contribution in [0.4, 0.5) is 0 Å². The van der Waals surface area contributed by atoms with Gasteiger partial charge in [0, 0.05) is 23.9 Å². The van der Waals surface area contributed by atoms with Gasteiger partial charge < -0.3 is 4.90 Å². The van der Waals surface area contributed by atoms with E-state index in [9.17, 15) is 4.79 Å². The molecule has 2 rings (SSSR count). The zero-order valence-corrected chi connectivity index (χ0v) is 13.2. The lowest BCUT2D eigenvalue weighted by atomic mass is 10.2. The van der Waals surface area contributed by atoms with Gasteiger partial charge >= 0.3 is 0 Å². The summed E-state index contributed by atoms with van der Waals surface area (Å²) in [7, 11) is 0. The van der Waals surface area contributed by atoms with Gasteiger partial charge in [-0.3, -0.25) is 4.79 Å². The summed E-state index contributed by atoms with van der Waals surface area (Å²) in [5.74, 6) is 0.256. The lowest BCUT2D eigenvalue weighted by Crippen LogP contribution is -2.32. The van der Waals surface area contributed by atoms with Crippen LogP contribution in [0.15, 0.2) is 41.3 Å². The molecule has 1 aromatic rings. The van der Waals surface area contributed by atoms with Crippen LogP contribution < -0.4 is 0 Å². The Morgan fingerprint density at radius 1 is 1.30 bits per heavy atom. The molecular formula is C17H23NOS. The van der Waals surface area contributed by atoms with E-state index in [1.54, 1.807) is 11.8 Å². The zero-order chi connectivity index (χ0) is 14.4. The largest absolute Gasteiger partial charge is 0.335 e. The third-order valence-corrected chi connectivity index (χ3v) is 4.26. The number of hydrogen-bond acceptors (Lipinski definition) is 2. The molecule has 1 amide bonds. The van der Waals surface area contributed by atoms with Crippen molar-refractivity contribution in [1.82, 2.24) is 4.90 Å². The summed E-state index contributed by atoms with van der Waals surface area (Å²) in [5.41, 5.74) is 1.22. The van der Waals surface area contributed by atoms with Crippen molar-refractivity contribution in [2.45, 2.75) is 50.1 Å². The first kappa shape index (κ1) is 15.2. The van der Waals surface area contributed by atoms with Gasteiger partial charge in [-0.15, -0.1) is 11.8 Å². The smallest absolute Gasteiger partial charge is 0.226 e. The van der Waals surface area contributed by atoms with Crippen molar-refractivity contribution in [2.75, 3.05) is 6.26 Å². The molecular weight excluding hydrogens is 266 g/mol. The Morgan fingerprint density at radius 2 is 2.00 bits per heavy atom. The number of nitrogens with zero attached hydrogens (tertiary/aromatic N) is 1. The Kier molecular flexibility index (Phi) is 5.72. The maximum atomic E-state index is 12.3. The number of hydrogen-bond donors (Lipinski definition) is 0. The number of thioether (sulfide) groups is 1. The second kappa shape index (κ2) is 7.53. The van der Waals surface area contributed by atoms with Crippen LogP contribution in [-0.2, 0) is 11.3 Å². The fraction of sp³-hybridized carbons (Fsp3) is 0.471. The Balaban J connectivity index is 1.97. The van der Waals surface area contributed by atoms with E-state index in [0.717, 1.165) is 25.8 Å². The fourth-order valence-electron chi connectivity index (χ4n) is 2.20. The normalized spacial score (nSPS) is 14.7. The Morgan fingerprint density at radius 3 is 2.55 bits per heavy atom. The Hall–Kier alpha value is -1.22. The third kappa shape index (κ3) is 4.41. The summed E-state index contributed by atoms with van der Waals surface area (Å²) >= 11 is 1.75. The van der Waals surface area contributed by atoms with E-state index in [0.29, 0.717) is 12.5 Å². The molecule has 3 heteroatoms. The van der Waals surface area contributed by atoms with Crippen molar-refractivity contribution in [3.63, 3.8) is 0 Å². The molecule has 0 N–H and O–H groups in total. The van der Waals surface area contributed by atoms with Crippen LogP contribution in [0.1, 0.15) is 38.2 Å². The first-order valence-corrected chi connectivity index (χ1v) is 8.54. The van der Waals surface area contributed by atoms with Gasteiger partial charge in [0.15, 0.2) is 0 Å². The van der Waals surface area contributed by atoms with Crippen molar-refractivity contribution < 1.29 is 4.79 Å². The summed E-state index contributed by atoms with van der Waals surface area (Å²) in [6, 6.07) is 9.00. The van der Waals surface area contributed by atoms with Crippen molar-refractivity contribution >= 4 is 17.7 Å². The maximum Gasteiger partial charge on any atom is 0.226 e. The molecule has 0 unspecified atom stereocenters. The Bertz CT molecular complexity index is 462. The summed E-state index contributed by atoms with van der Waals surface area (Å²) in [4.78, 5) is 15.6. The minimum absolute atomic E-state index is 0.256. The zero-order valence-electron chi connectivity index (χ0n) is 12.3. The minimum atomic E-state index is 0.256. The van der Waals surface area contributed by atoms with Crippen LogP contribution in [0.5, 0.6) is 0 Å². The predicted octanol–water partition coefficient (Wildman–Crippen LogP) is 4.26. The fourth-order valence-corrected chi connectivity index (χ4v) is 2.61. The number of rotatable bonds is 7. The molecule has 0 aromatic heterocycles. The van der Waals surface area contributed by atoms with E-state index in [1.807, 2.05) is 11.0 Å². The molecule has 2 nitrogen and oxygen atoms in total. The standard InChI is InChI=1S/C17H23NOS/c1-3-4-5-6-17(19)18(15-9-10-15)13-14-7-11-16(20-2)12-8-14/h4-5,7-8,11-12,15H,3,6,9-10,13H2,1-2H3/b5-4+. The first-order valence-electron chi connectivity index (χ1n) is 7.32. The van der Waals surface area contributed by atoms with E-state index < -0.39 is 0 Å².